The highest BCUT2D eigenvalue weighted by atomic mass is 16.2. The molecule has 0 atom stereocenters. The molecule has 0 saturated heterocycles. The second-order valence-electron chi connectivity index (χ2n) is 7.75. The van der Waals surface area contributed by atoms with E-state index in [0.717, 1.165) is 16.8 Å². The third-order valence-electron chi connectivity index (χ3n) is 5.62. The number of hydrogen-bond donors (Lipinski definition) is 1. The molecule has 1 aliphatic rings. The van der Waals surface area contributed by atoms with Crippen molar-refractivity contribution in [2.45, 2.75) is 6.54 Å². The Morgan fingerprint density at radius 3 is 2.65 bits per heavy atom. The molecule has 0 radical (unpaired) electrons. The normalized spacial score (nSPS) is 12.3. The molecule has 5 aromatic rings. The number of nitrogens with zero attached hydrogens (tertiary/aromatic N) is 8. The molecule has 34 heavy (non-hydrogen) atoms. The smallest absolute Gasteiger partial charge is 0.368 e. The van der Waals surface area contributed by atoms with E-state index in [9.17, 15) is 4.79 Å². The highest BCUT2D eigenvalue weighted by Crippen LogP contribution is 2.27. The summed E-state index contributed by atoms with van der Waals surface area (Å²) in [6.07, 6.45) is 3.41. The monoisotopic (exact) mass is 445 g/mol. The van der Waals surface area contributed by atoms with Crippen LogP contribution in [0.3, 0.4) is 0 Å². The molecule has 162 valence electrons. The van der Waals surface area contributed by atoms with Gasteiger partial charge in [0, 0.05) is 12.4 Å². The molecule has 2 N–H and O–H groups in total. The first-order chi connectivity index (χ1) is 16.6. The van der Waals surface area contributed by atoms with Gasteiger partial charge in [0.15, 0.2) is 5.82 Å². The molecule has 0 spiro atoms. The fourth-order valence-corrected chi connectivity index (χ4v) is 3.96. The highest BCUT2D eigenvalue weighted by molar-refractivity contribution is 5.91. The number of rotatable bonds is 4. The predicted octanol–water partition coefficient (Wildman–Crippen LogP) is 2.16. The zero-order valence-corrected chi connectivity index (χ0v) is 17.6. The lowest BCUT2D eigenvalue weighted by atomic mass is 10.1. The molecule has 0 bridgehead atoms. The fraction of sp³-hybridized carbons (Fsp3) is 0.0417. The summed E-state index contributed by atoms with van der Waals surface area (Å²) in [5.74, 6) is 0.346. The first-order valence-electron chi connectivity index (χ1n) is 10.4. The van der Waals surface area contributed by atoms with Crippen molar-refractivity contribution >= 4 is 22.8 Å². The number of urea groups is 1. The van der Waals surface area contributed by atoms with Gasteiger partial charge in [0.2, 0.25) is 0 Å². The molecule has 2 aromatic carbocycles. The van der Waals surface area contributed by atoms with Gasteiger partial charge in [-0.25, -0.2) is 9.48 Å². The Morgan fingerprint density at radius 2 is 1.82 bits per heavy atom. The van der Waals surface area contributed by atoms with E-state index in [2.05, 4.69) is 31.2 Å². The largest absolute Gasteiger partial charge is 0.382 e. The van der Waals surface area contributed by atoms with Gasteiger partial charge in [-0.2, -0.15) is 20.3 Å². The first-order valence-corrected chi connectivity index (χ1v) is 10.4. The van der Waals surface area contributed by atoms with E-state index in [0.29, 0.717) is 45.4 Å². The highest BCUT2D eigenvalue weighted by Gasteiger charge is 2.15. The van der Waals surface area contributed by atoms with Crippen LogP contribution in [-0.4, -0.2) is 30.6 Å². The minimum Gasteiger partial charge on any atom is -0.382 e. The average molecular weight is 445 g/mol. The van der Waals surface area contributed by atoms with Crippen molar-refractivity contribution in [2.24, 2.45) is 9.98 Å². The SMILES string of the molecule is N#Cc1ccc(Cn2nccc2-c2cc3c(cn2)c(N)nn3-c2ccc3c(c2)=NC(=O)N=3)cc1. The molecule has 10 heteroatoms. The topological polar surface area (TPSA) is 140 Å². The summed E-state index contributed by atoms with van der Waals surface area (Å²) in [4.78, 5) is 23.9. The van der Waals surface area contributed by atoms with Crippen molar-refractivity contribution in [1.29, 1.82) is 5.26 Å². The van der Waals surface area contributed by atoms with E-state index in [1.807, 2.05) is 35.0 Å². The minimum absolute atomic E-state index is 0.346. The number of pyridine rings is 1. The Bertz CT molecular complexity index is 1770. The van der Waals surface area contributed by atoms with Crippen LogP contribution in [0.5, 0.6) is 0 Å². The molecule has 1 aliphatic heterocycles. The van der Waals surface area contributed by atoms with Crippen LogP contribution in [0.2, 0.25) is 0 Å². The molecule has 0 fully saturated rings. The predicted molar refractivity (Wildman–Crippen MR) is 122 cm³/mol. The number of nitrogens with two attached hydrogens (primary N) is 1. The van der Waals surface area contributed by atoms with Gasteiger partial charge in [-0.1, -0.05) is 12.1 Å². The van der Waals surface area contributed by atoms with Crippen LogP contribution in [0.4, 0.5) is 10.6 Å². The Labute approximate surface area is 191 Å². The summed E-state index contributed by atoms with van der Waals surface area (Å²) in [6.45, 7) is 0.527. The molecule has 0 unspecified atom stereocenters. The summed E-state index contributed by atoms with van der Waals surface area (Å²) in [6, 6.07) is 18.1. The quantitative estimate of drug-likeness (QED) is 0.449. The first kappa shape index (κ1) is 19.5. The molecule has 6 rings (SSSR count). The number of hydrogen-bond acceptors (Lipinski definition) is 6. The Balaban J connectivity index is 1.43. The Kier molecular flexibility index (Phi) is 4.28. The summed E-state index contributed by atoms with van der Waals surface area (Å²) in [5.41, 5.74) is 10.8. The summed E-state index contributed by atoms with van der Waals surface area (Å²) in [5, 5.41) is 19.7. The zero-order valence-electron chi connectivity index (χ0n) is 17.6. The number of anilines is 1. The van der Waals surface area contributed by atoms with Crippen LogP contribution in [0.1, 0.15) is 11.1 Å². The number of carbonyl (C=O) groups excluding carboxylic acids is 1. The van der Waals surface area contributed by atoms with E-state index in [1.165, 1.54) is 0 Å². The summed E-state index contributed by atoms with van der Waals surface area (Å²) >= 11 is 0. The van der Waals surface area contributed by atoms with Crippen molar-refractivity contribution in [3.63, 3.8) is 0 Å². The maximum absolute atomic E-state index is 11.5. The fourth-order valence-electron chi connectivity index (χ4n) is 3.96. The van der Waals surface area contributed by atoms with Gasteiger partial charge in [-0.05, 0) is 48.0 Å². The molecule has 10 nitrogen and oxygen atoms in total. The van der Waals surface area contributed by atoms with Crippen molar-refractivity contribution < 1.29 is 4.79 Å². The van der Waals surface area contributed by atoms with E-state index < -0.39 is 6.03 Å². The van der Waals surface area contributed by atoms with Gasteiger partial charge < -0.3 is 5.73 Å². The van der Waals surface area contributed by atoms with Crippen LogP contribution in [-0.2, 0) is 6.54 Å². The molecule has 2 amide bonds. The Morgan fingerprint density at radius 1 is 1.00 bits per heavy atom. The molecular formula is C24H15N9O. The minimum atomic E-state index is -0.515. The van der Waals surface area contributed by atoms with Crippen LogP contribution in [0.25, 0.3) is 28.0 Å². The second kappa shape index (κ2) is 7.46. The number of benzene rings is 2. The van der Waals surface area contributed by atoms with E-state index in [4.69, 9.17) is 11.0 Å². The lowest BCUT2D eigenvalue weighted by Gasteiger charge is -2.08. The number of aromatic nitrogens is 5. The maximum Gasteiger partial charge on any atom is 0.368 e. The van der Waals surface area contributed by atoms with Gasteiger partial charge >= 0.3 is 6.03 Å². The van der Waals surface area contributed by atoms with Gasteiger partial charge in [0.25, 0.3) is 0 Å². The van der Waals surface area contributed by atoms with Crippen molar-refractivity contribution in [2.75, 3.05) is 5.73 Å². The molecule has 0 aliphatic carbocycles. The zero-order chi connectivity index (χ0) is 23.2. The van der Waals surface area contributed by atoms with Crippen LogP contribution < -0.4 is 16.4 Å². The molecule has 0 saturated carbocycles. The lowest BCUT2D eigenvalue weighted by Crippen LogP contribution is -2.22. The maximum atomic E-state index is 11.5. The third-order valence-corrected chi connectivity index (χ3v) is 5.62. The molecule has 4 heterocycles. The number of carbonyl (C=O) groups is 1. The van der Waals surface area contributed by atoms with Gasteiger partial charge in [0.05, 0.1) is 56.9 Å². The van der Waals surface area contributed by atoms with E-state index in [-0.39, 0.29) is 0 Å². The average Bonchev–Trinajstić information content (AvgIpc) is 3.55. The van der Waals surface area contributed by atoms with Crippen LogP contribution >= 0.6 is 0 Å². The molecule has 3 aromatic heterocycles. The Hall–Kier alpha value is -5.17. The van der Waals surface area contributed by atoms with Crippen molar-refractivity contribution in [3.8, 4) is 23.1 Å². The number of nitriles is 1. The molecular weight excluding hydrogens is 430 g/mol. The van der Waals surface area contributed by atoms with Crippen LogP contribution in [0.15, 0.2) is 77.0 Å². The second-order valence-corrected chi connectivity index (χ2v) is 7.75. The van der Waals surface area contributed by atoms with Gasteiger partial charge in [0.1, 0.15) is 0 Å². The van der Waals surface area contributed by atoms with Crippen LogP contribution in [0, 0.1) is 11.3 Å². The van der Waals surface area contributed by atoms with E-state index in [1.54, 1.807) is 41.3 Å². The van der Waals surface area contributed by atoms with Crippen molar-refractivity contribution in [3.05, 3.63) is 88.8 Å². The standard InChI is InChI=1S/C24H15N9O/c25-11-14-1-3-15(4-2-14)13-32-21(7-8-28-32)20-10-22-17(12-27-20)23(26)31-33(22)16-5-6-18-19(9-16)30-24(34)29-18/h1-10,12H,13H2,(H2,26,31). The van der Waals surface area contributed by atoms with Gasteiger partial charge in [-0.3, -0.25) is 9.67 Å². The number of fused-ring (bicyclic) bond motifs is 2. The number of nitrogen functional groups attached to an aromatic ring is 1. The third kappa shape index (κ3) is 3.20. The summed E-state index contributed by atoms with van der Waals surface area (Å²) < 4.78 is 3.55. The van der Waals surface area contributed by atoms with Gasteiger partial charge in [-0.15, -0.1) is 5.10 Å². The lowest BCUT2D eigenvalue weighted by molar-refractivity contribution is 0.256. The van der Waals surface area contributed by atoms with Crippen molar-refractivity contribution in [1.82, 2.24) is 24.5 Å². The van der Waals surface area contributed by atoms with E-state index >= 15 is 0 Å². The number of amides is 2. The summed E-state index contributed by atoms with van der Waals surface area (Å²) in [7, 11) is 0.